The second-order valence-corrected chi connectivity index (χ2v) is 6.47. The maximum absolute atomic E-state index is 5.92. The molecule has 0 aliphatic rings. The first kappa shape index (κ1) is 15.4. The third kappa shape index (κ3) is 2.46. The van der Waals surface area contributed by atoms with Crippen molar-refractivity contribution in [3.8, 4) is 0 Å². The molecule has 2 aromatic rings. The Morgan fingerprint density at radius 1 is 0.900 bits per heavy atom. The van der Waals surface area contributed by atoms with Crippen LogP contribution in [0.25, 0.3) is 0 Å². The van der Waals surface area contributed by atoms with Gasteiger partial charge < -0.3 is 4.42 Å². The van der Waals surface area contributed by atoms with Crippen LogP contribution in [0.2, 0.25) is 0 Å². The van der Waals surface area contributed by atoms with Crippen LogP contribution in [0, 0.1) is 34.6 Å². The van der Waals surface area contributed by atoms with Gasteiger partial charge in [0.05, 0.1) is 4.83 Å². The number of hydrogen-bond donors (Lipinski definition) is 0. The highest BCUT2D eigenvalue weighted by Gasteiger charge is 2.22. The number of rotatable bonds is 3. The summed E-state index contributed by atoms with van der Waals surface area (Å²) in [5.41, 5.74) is 8.24. The lowest BCUT2D eigenvalue weighted by Crippen LogP contribution is -2.05. The minimum Gasteiger partial charge on any atom is -0.465 e. The Morgan fingerprint density at radius 3 is 1.85 bits per heavy atom. The molecule has 0 aliphatic heterocycles. The van der Waals surface area contributed by atoms with Crippen LogP contribution in [0.5, 0.6) is 0 Å². The molecule has 1 nitrogen and oxygen atoms in total. The van der Waals surface area contributed by atoms with E-state index in [1.54, 1.807) is 0 Å². The molecule has 2 heteroatoms. The van der Waals surface area contributed by atoms with Crippen molar-refractivity contribution in [3.63, 3.8) is 0 Å². The van der Waals surface area contributed by atoms with Crippen molar-refractivity contribution in [2.75, 3.05) is 0 Å². The third-order valence-electron chi connectivity index (χ3n) is 4.59. The monoisotopic (exact) mass is 334 g/mol. The molecule has 0 radical (unpaired) electrons. The molecule has 0 amide bonds. The highest BCUT2D eigenvalue weighted by molar-refractivity contribution is 9.09. The van der Waals surface area contributed by atoms with Gasteiger partial charge >= 0.3 is 0 Å². The van der Waals surface area contributed by atoms with Crippen LogP contribution in [0.4, 0.5) is 0 Å². The summed E-state index contributed by atoms with van der Waals surface area (Å²) in [5.74, 6) is 2.04. The lowest BCUT2D eigenvalue weighted by Gasteiger charge is -2.21. The van der Waals surface area contributed by atoms with Crippen LogP contribution in [-0.4, -0.2) is 0 Å². The van der Waals surface area contributed by atoms with E-state index < -0.39 is 0 Å². The van der Waals surface area contributed by atoms with Gasteiger partial charge in [-0.25, -0.2) is 0 Å². The normalized spacial score (nSPS) is 12.8. The van der Waals surface area contributed by atoms with Gasteiger partial charge in [0.25, 0.3) is 0 Å². The number of halogens is 1. The summed E-state index contributed by atoms with van der Waals surface area (Å²) in [6, 6.07) is 4.16. The molecule has 0 N–H and O–H groups in total. The number of furan rings is 1. The Bertz CT molecular complexity index is 608. The Balaban J connectivity index is 2.57. The summed E-state index contributed by atoms with van der Waals surface area (Å²) in [4.78, 5) is 0.126. The van der Waals surface area contributed by atoms with E-state index in [0.29, 0.717) is 0 Å². The fourth-order valence-corrected chi connectivity index (χ4v) is 3.70. The largest absolute Gasteiger partial charge is 0.465 e. The van der Waals surface area contributed by atoms with Crippen LogP contribution in [0.15, 0.2) is 16.5 Å². The second kappa shape index (κ2) is 5.77. The summed E-state index contributed by atoms with van der Waals surface area (Å²) in [6.07, 6.45) is 0.934. The van der Waals surface area contributed by atoms with Crippen molar-refractivity contribution in [2.24, 2.45) is 0 Å². The minimum atomic E-state index is 0.126. The minimum absolute atomic E-state index is 0.126. The van der Waals surface area contributed by atoms with Gasteiger partial charge in [-0.2, -0.15) is 0 Å². The summed E-state index contributed by atoms with van der Waals surface area (Å²) in [5, 5.41) is 0. The van der Waals surface area contributed by atoms with E-state index in [1.807, 2.05) is 0 Å². The zero-order valence-corrected chi connectivity index (χ0v) is 14.8. The fraction of sp³-hybridized carbons (Fsp3) is 0.444. The van der Waals surface area contributed by atoms with Crippen molar-refractivity contribution in [2.45, 2.75) is 52.8 Å². The Hall–Kier alpha value is -1.02. The highest BCUT2D eigenvalue weighted by Crippen LogP contribution is 2.39. The Labute approximate surface area is 130 Å². The van der Waals surface area contributed by atoms with Crippen LogP contribution in [-0.2, 0) is 6.42 Å². The molecule has 0 saturated carbocycles. The van der Waals surface area contributed by atoms with E-state index in [4.69, 9.17) is 4.42 Å². The van der Waals surface area contributed by atoms with Gasteiger partial charge in [-0.1, -0.05) is 22.9 Å². The summed E-state index contributed by atoms with van der Waals surface area (Å²) in [6.45, 7) is 13.2. The predicted molar refractivity (Wildman–Crippen MR) is 89.0 cm³/mol. The molecule has 0 bridgehead atoms. The molecule has 20 heavy (non-hydrogen) atoms. The van der Waals surface area contributed by atoms with E-state index >= 15 is 0 Å². The first-order valence-corrected chi connectivity index (χ1v) is 8.09. The van der Waals surface area contributed by atoms with Gasteiger partial charge in [-0.05, 0) is 80.1 Å². The smallest absolute Gasteiger partial charge is 0.122 e. The SMILES string of the molecule is CCc1ccc(C(Br)c2c(C)c(C)c(C)c(C)c2C)o1. The quantitative estimate of drug-likeness (QED) is 0.640. The van der Waals surface area contributed by atoms with Crippen molar-refractivity contribution >= 4 is 15.9 Å². The molecular weight excluding hydrogens is 312 g/mol. The molecule has 0 fully saturated rings. The third-order valence-corrected chi connectivity index (χ3v) is 5.50. The number of aryl methyl sites for hydroxylation is 1. The highest BCUT2D eigenvalue weighted by atomic mass is 79.9. The zero-order chi connectivity index (χ0) is 15.0. The van der Waals surface area contributed by atoms with Crippen LogP contribution in [0.1, 0.15) is 56.7 Å². The van der Waals surface area contributed by atoms with E-state index in [0.717, 1.165) is 17.9 Å². The standard InChI is InChI=1S/C18H23BrO/c1-7-15-8-9-16(20-15)18(19)17-13(5)11(3)10(2)12(4)14(17)6/h8-9,18H,7H2,1-6H3. The first-order valence-electron chi connectivity index (χ1n) is 7.18. The molecule has 0 saturated heterocycles. The topological polar surface area (TPSA) is 13.1 Å². The van der Waals surface area contributed by atoms with Crippen molar-refractivity contribution in [1.82, 2.24) is 0 Å². The average Bonchev–Trinajstić information content (AvgIpc) is 2.92. The molecule has 2 rings (SSSR count). The lowest BCUT2D eigenvalue weighted by molar-refractivity contribution is 0.476. The van der Waals surface area contributed by atoms with E-state index in [9.17, 15) is 0 Å². The van der Waals surface area contributed by atoms with Gasteiger partial charge in [0, 0.05) is 6.42 Å². The summed E-state index contributed by atoms with van der Waals surface area (Å²) < 4.78 is 5.92. The second-order valence-electron chi connectivity index (χ2n) is 5.56. The van der Waals surface area contributed by atoms with Crippen LogP contribution >= 0.6 is 15.9 Å². The maximum Gasteiger partial charge on any atom is 0.122 e. The lowest BCUT2D eigenvalue weighted by atomic mass is 9.88. The maximum atomic E-state index is 5.92. The van der Waals surface area contributed by atoms with Gasteiger partial charge in [-0.3, -0.25) is 0 Å². The van der Waals surface area contributed by atoms with E-state index in [2.05, 4.69) is 69.6 Å². The molecule has 1 atom stereocenters. The van der Waals surface area contributed by atoms with Gasteiger partial charge in [-0.15, -0.1) is 0 Å². The van der Waals surface area contributed by atoms with Gasteiger partial charge in [0.15, 0.2) is 0 Å². The molecule has 1 aromatic carbocycles. The summed E-state index contributed by atoms with van der Waals surface area (Å²) >= 11 is 3.84. The number of hydrogen-bond acceptors (Lipinski definition) is 1. The number of alkyl halides is 1. The molecular formula is C18H23BrO. The average molecular weight is 335 g/mol. The molecule has 0 spiro atoms. The predicted octanol–water partition coefficient (Wildman–Crippen LogP) is 5.87. The molecule has 0 aliphatic carbocycles. The van der Waals surface area contributed by atoms with E-state index in [1.165, 1.54) is 33.4 Å². The fourth-order valence-electron chi connectivity index (χ4n) is 2.77. The molecule has 108 valence electrons. The van der Waals surface area contributed by atoms with Crippen molar-refractivity contribution in [3.05, 3.63) is 57.0 Å². The van der Waals surface area contributed by atoms with Gasteiger partial charge in [0.2, 0.25) is 0 Å². The Morgan fingerprint density at radius 2 is 1.40 bits per heavy atom. The van der Waals surface area contributed by atoms with Crippen molar-refractivity contribution in [1.29, 1.82) is 0 Å². The van der Waals surface area contributed by atoms with Crippen molar-refractivity contribution < 1.29 is 4.42 Å². The summed E-state index contributed by atoms with van der Waals surface area (Å²) in [7, 11) is 0. The van der Waals surface area contributed by atoms with Gasteiger partial charge in [0.1, 0.15) is 11.5 Å². The van der Waals surface area contributed by atoms with E-state index in [-0.39, 0.29) is 4.83 Å². The Kier molecular flexibility index (Phi) is 4.43. The molecule has 1 heterocycles. The molecule has 1 unspecified atom stereocenters. The van der Waals surface area contributed by atoms with Crippen LogP contribution < -0.4 is 0 Å². The molecule has 1 aromatic heterocycles. The first-order chi connectivity index (χ1) is 9.38. The van der Waals surface area contributed by atoms with Crippen LogP contribution in [0.3, 0.4) is 0 Å². The number of benzene rings is 1. The zero-order valence-electron chi connectivity index (χ0n) is 13.2.